The Morgan fingerprint density at radius 3 is 2.45 bits per heavy atom. The number of amides is 3. The number of allylic oxidation sites excluding steroid dienone is 5. The van der Waals surface area contributed by atoms with Crippen molar-refractivity contribution >= 4 is 23.4 Å². The first-order valence-corrected chi connectivity index (χ1v) is 16.3. The Kier molecular flexibility index (Phi) is 10.5. The Bertz CT molecular complexity index is 1430. The van der Waals surface area contributed by atoms with Gasteiger partial charge in [0.05, 0.1) is 0 Å². The van der Waals surface area contributed by atoms with Crippen LogP contribution in [0.1, 0.15) is 122 Å². The summed E-state index contributed by atoms with van der Waals surface area (Å²) in [6.07, 6.45) is 17.4. The highest BCUT2D eigenvalue weighted by Gasteiger charge is 2.31. The second-order valence-corrected chi connectivity index (χ2v) is 12.6. The van der Waals surface area contributed by atoms with Gasteiger partial charge in [0.25, 0.3) is 11.8 Å². The number of carbonyl (C=O) groups is 3. The molecule has 3 amide bonds. The number of aromatic nitrogens is 1. The van der Waals surface area contributed by atoms with Crippen LogP contribution in [0.25, 0.3) is 0 Å². The van der Waals surface area contributed by atoms with Crippen LogP contribution < -0.4 is 16.0 Å². The molecule has 44 heavy (non-hydrogen) atoms. The molecule has 0 spiro atoms. The van der Waals surface area contributed by atoms with Crippen LogP contribution in [0.3, 0.4) is 0 Å². The number of rotatable bonds is 13. The molecule has 3 fully saturated rings. The van der Waals surface area contributed by atoms with Gasteiger partial charge in [0.2, 0.25) is 5.91 Å². The van der Waals surface area contributed by atoms with Crippen molar-refractivity contribution in [1.29, 1.82) is 0 Å². The molecule has 2 unspecified atom stereocenters. The monoisotopic (exact) mass is 598 g/mol. The lowest BCUT2D eigenvalue weighted by atomic mass is 9.86. The molecule has 1 heterocycles. The SMILES string of the molecule is C=C(/C(C)=C\C=C/C)C1CCCC(c2ccc(C(=O)NCCCNC(=O)C3CC3)cc2NC(=O)c2coc(C3CC3)n2)CC1. The van der Waals surface area contributed by atoms with Gasteiger partial charge < -0.3 is 20.4 Å². The van der Waals surface area contributed by atoms with Crippen LogP contribution in [0, 0.1) is 11.8 Å². The van der Waals surface area contributed by atoms with Gasteiger partial charge in [-0.25, -0.2) is 4.98 Å². The van der Waals surface area contributed by atoms with E-state index in [0.29, 0.717) is 48.5 Å². The number of carbonyl (C=O) groups excluding carboxylic acids is 3. The number of oxazole rings is 1. The summed E-state index contributed by atoms with van der Waals surface area (Å²) in [5.74, 6) is 1.34. The Labute approximate surface area is 260 Å². The minimum Gasteiger partial charge on any atom is -0.448 e. The van der Waals surface area contributed by atoms with Crippen molar-refractivity contribution in [1.82, 2.24) is 15.6 Å². The molecule has 8 heteroatoms. The highest BCUT2D eigenvalue weighted by atomic mass is 16.3. The van der Waals surface area contributed by atoms with E-state index in [4.69, 9.17) is 4.42 Å². The maximum Gasteiger partial charge on any atom is 0.277 e. The molecule has 8 nitrogen and oxygen atoms in total. The predicted molar refractivity (Wildman–Crippen MR) is 173 cm³/mol. The van der Waals surface area contributed by atoms with E-state index in [2.05, 4.69) is 46.6 Å². The zero-order valence-corrected chi connectivity index (χ0v) is 26.1. The molecule has 3 aliphatic carbocycles. The fourth-order valence-electron chi connectivity index (χ4n) is 5.98. The number of hydrogen-bond acceptors (Lipinski definition) is 5. The molecular formula is C36H46N4O4. The lowest BCUT2D eigenvalue weighted by Crippen LogP contribution is -2.30. The Morgan fingerprint density at radius 1 is 0.955 bits per heavy atom. The second-order valence-electron chi connectivity index (χ2n) is 12.6. The van der Waals surface area contributed by atoms with Gasteiger partial charge in [-0.15, -0.1) is 0 Å². The third kappa shape index (κ3) is 8.36. The van der Waals surface area contributed by atoms with Crippen molar-refractivity contribution in [2.45, 2.75) is 89.9 Å². The summed E-state index contributed by atoms with van der Waals surface area (Å²) < 4.78 is 5.57. The molecule has 0 aliphatic heterocycles. The molecule has 2 aromatic rings. The van der Waals surface area contributed by atoms with Gasteiger partial charge in [0.1, 0.15) is 6.26 Å². The highest BCUT2D eigenvalue weighted by Crippen LogP contribution is 2.41. The summed E-state index contributed by atoms with van der Waals surface area (Å²) in [5, 5.41) is 8.95. The summed E-state index contributed by atoms with van der Waals surface area (Å²) in [6, 6.07) is 5.63. The largest absolute Gasteiger partial charge is 0.448 e. The van der Waals surface area contributed by atoms with E-state index in [9.17, 15) is 14.4 Å². The van der Waals surface area contributed by atoms with Crippen LogP contribution in [0.5, 0.6) is 0 Å². The van der Waals surface area contributed by atoms with Gasteiger partial charge in [-0.3, -0.25) is 14.4 Å². The predicted octanol–water partition coefficient (Wildman–Crippen LogP) is 7.19. The Morgan fingerprint density at radius 2 is 1.70 bits per heavy atom. The molecule has 0 bridgehead atoms. The number of anilines is 1. The van der Waals surface area contributed by atoms with Gasteiger partial charge >= 0.3 is 0 Å². The van der Waals surface area contributed by atoms with Gasteiger partial charge in [0, 0.05) is 36.2 Å². The molecule has 0 saturated heterocycles. The maximum atomic E-state index is 13.3. The maximum absolute atomic E-state index is 13.3. The van der Waals surface area contributed by atoms with Crippen LogP contribution in [0.15, 0.2) is 64.8 Å². The Hall–Kier alpha value is -3.94. The zero-order valence-electron chi connectivity index (χ0n) is 26.1. The molecule has 1 aromatic heterocycles. The molecular weight excluding hydrogens is 552 g/mol. The standard InChI is InChI=1S/C36H46N4O4/c1-4-5-8-23(2)24(3)25-9-6-10-26(12-11-25)30-18-17-29(34(42)38-20-7-19-37-33(41)27-13-14-27)21-31(30)39-35(43)32-22-44-36(40-32)28-15-16-28/h4-5,8,17-18,21-22,25-28H,3,6-7,9-16,19-20H2,1-2H3,(H,37,41)(H,38,42)(H,39,43)/b5-4-,23-8-. The van der Waals surface area contributed by atoms with E-state index in [0.717, 1.165) is 63.4 Å². The van der Waals surface area contributed by atoms with Crippen LogP contribution in [0.2, 0.25) is 0 Å². The molecule has 0 radical (unpaired) electrons. The molecule has 3 aliphatic rings. The smallest absolute Gasteiger partial charge is 0.277 e. The minimum absolute atomic E-state index is 0.109. The molecule has 1 aromatic carbocycles. The summed E-state index contributed by atoms with van der Waals surface area (Å²) in [7, 11) is 0. The Balaban J connectivity index is 1.27. The molecule has 3 saturated carbocycles. The quantitative estimate of drug-likeness (QED) is 0.128. The van der Waals surface area contributed by atoms with Crippen molar-refractivity contribution in [2.24, 2.45) is 11.8 Å². The summed E-state index contributed by atoms with van der Waals surface area (Å²) in [6.45, 7) is 9.56. The summed E-state index contributed by atoms with van der Waals surface area (Å²) in [4.78, 5) is 42.7. The van der Waals surface area contributed by atoms with Gasteiger partial charge in [-0.05, 0) is 112 Å². The third-order valence-corrected chi connectivity index (χ3v) is 9.08. The molecule has 2 atom stereocenters. The average molecular weight is 599 g/mol. The van der Waals surface area contributed by atoms with Crippen LogP contribution in [0.4, 0.5) is 5.69 Å². The summed E-state index contributed by atoms with van der Waals surface area (Å²) in [5.41, 5.74) is 4.83. The van der Waals surface area contributed by atoms with Crippen LogP contribution in [-0.4, -0.2) is 35.8 Å². The van der Waals surface area contributed by atoms with Crippen LogP contribution >= 0.6 is 0 Å². The first-order chi connectivity index (χ1) is 21.3. The number of nitrogens with one attached hydrogen (secondary N) is 3. The van der Waals surface area contributed by atoms with E-state index in [1.165, 1.54) is 17.4 Å². The summed E-state index contributed by atoms with van der Waals surface area (Å²) >= 11 is 0. The molecule has 234 valence electrons. The van der Waals surface area contributed by atoms with Crippen molar-refractivity contribution in [3.8, 4) is 0 Å². The minimum atomic E-state index is -0.338. The average Bonchev–Trinajstić information content (AvgIpc) is 3.96. The lowest BCUT2D eigenvalue weighted by molar-refractivity contribution is -0.122. The zero-order chi connectivity index (χ0) is 31.1. The molecule has 3 N–H and O–H groups in total. The molecule has 5 rings (SSSR count). The normalized spacial score (nSPS) is 20.6. The van der Waals surface area contributed by atoms with E-state index in [-0.39, 0.29) is 35.3 Å². The van der Waals surface area contributed by atoms with Crippen molar-refractivity contribution in [3.05, 3.63) is 83.1 Å². The lowest BCUT2D eigenvalue weighted by Gasteiger charge is -2.21. The first kappa shape index (κ1) is 31.5. The third-order valence-electron chi connectivity index (χ3n) is 9.08. The van der Waals surface area contributed by atoms with E-state index >= 15 is 0 Å². The van der Waals surface area contributed by atoms with Gasteiger partial charge in [0.15, 0.2) is 11.6 Å². The van der Waals surface area contributed by atoms with E-state index in [1.807, 2.05) is 25.1 Å². The van der Waals surface area contributed by atoms with Crippen molar-refractivity contribution < 1.29 is 18.8 Å². The van der Waals surface area contributed by atoms with E-state index < -0.39 is 0 Å². The second kappa shape index (κ2) is 14.7. The fraction of sp³-hybridized carbons (Fsp3) is 0.500. The number of nitrogens with zero attached hydrogens (tertiary/aromatic N) is 1. The number of benzene rings is 1. The topological polar surface area (TPSA) is 113 Å². The van der Waals surface area contributed by atoms with Gasteiger partial charge in [-0.2, -0.15) is 0 Å². The first-order valence-electron chi connectivity index (χ1n) is 16.3. The number of hydrogen-bond donors (Lipinski definition) is 3. The van der Waals surface area contributed by atoms with Crippen molar-refractivity contribution in [3.63, 3.8) is 0 Å². The van der Waals surface area contributed by atoms with Gasteiger partial charge in [-0.1, -0.05) is 37.3 Å². The fourth-order valence-corrected chi connectivity index (χ4v) is 5.98. The highest BCUT2D eigenvalue weighted by molar-refractivity contribution is 6.04. The van der Waals surface area contributed by atoms with Crippen LogP contribution in [-0.2, 0) is 4.79 Å². The van der Waals surface area contributed by atoms with E-state index in [1.54, 1.807) is 6.07 Å². The van der Waals surface area contributed by atoms with Crippen molar-refractivity contribution in [2.75, 3.05) is 18.4 Å².